The summed E-state index contributed by atoms with van der Waals surface area (Å²) in [5, 5.41) is 40.1. The van der Waals surface area contributed by atoms with Gasteiger partial charge in [-0.3, -0.25) is 19.6 Å². The van der Waals surface area contributed by atoms with Gasteiger partial charge in [0.05, 0.1) is 65.2 Å². The van der Waals surface area contributed by atoms with Crippen molar-refractivity contribution in [1.29, 1.82) is 15.8 Å². The Morgan fingerprint density at radius 1 is 0.583 bits per heavy atom. The first-order chi connectivity index (χ1) is 34.6. The van der Waals surface area contributed by atoms with E-state index in [4.69, 9.17) is 57.6 Å². The maximum atomic E-state index is 11.7. The van der Waals surface area contributed by atoms with Crippen LogP contribution in [-0.4, -0.2) is 66.4 Å². The van der Waals surface area contributed by atoms with Crippen molar-refractivity contribution < 1.29 is 33.6 Å². The molecule has 0 bridgehead atoms. The molecule has 10 rings (SSSR count). The lowest BCUT2D eigenvalue weighted by Crippen LogP contribution is -2.12. The number of fused-ring (bicyclic) bond motifs is 5. The first-order valence-corrected chi connectivity index (χ1v) is 23.8. The standard InChI is InChI=1S/C20H14N4O3.C11H9ClN2O2.C10H8N2O.C9H6N2O.BBr3/c1-26-19-8-17-14(7-15(19)20(22)25)18(4-5-23-17)27-12-2-3-16-13(6-12)11(9-21)10-24-16;1-16-10-5-9-6(4-7(10)11(13)15)8(12)2-3-14-9;1-13-8-2-3-10-9(4-8)7(5-11)6-12-10;10-4-6-5-11-9-2-1-7(12)3-8(6)9;2-1(3)4/h2-8,10,24H,1H3,(H2,22,25);2-5H,1H3,(H2,13,15);2-4,6,12H,1H3;1-3,5,11-12H;. The van der Waals surface area contributed by atoms with Crippen LogP contribution in [0.25, 0.3) is 54.5 Å². The molecule has 10 aromatic rings. The van der Waals surface area contributed by atoms with Crippen LogP contribution in [0.3, 0.4) is 0 Å². The number of carbonyl (C=O) groups excluding carboxylic acids is 2. The number of ether oxygens (including phenoxy) is 4. The fourth-order valence-electron chi connectivity index (χ4n) is 7.00. The molecule has 0 atom stereocenters. The van der Waals surface area contributed by atoms with Crippen molar-refractivity contribution in [1.82, 2.24) is 24.9 Å². The van der Waals surface area contributed by atoms with Gasteiger partial charge in [-0.25, -0.2) is 0 Å². The Bertz CT molecular complexity index is 3750. The van der Waals surface area contributed by atoms with Crippen LogP contribution in [0, 0.1) is 34.0 Å². The van der Waals surface area contributed by atoms with Crippen molar-refractivity contribution in [3.05, 3.63) is 155 Å². The number of nitrogens with zero attached hydrogens (tertiary/aromatic N) is 5. The molecule has 8 N–H and O–H groups in total. The number of phenols is 1. The Morgan fingerprint density at radius 2 is 1.01 bits per heavy atom. The van der Waals surface area contributed by atoms with Crippen LogP contribution in [0.15, 0.2) is 122 Å². The monoisotopic (exact) mass is 1170 g/mol. The fraction of sp³-hybridized carbons (Fsp3) is 0.0600. The summed E-state index contributed by atoms with van der Waals surface area (Å²) < 4.78 is 21.7. The number of aromatic nitrogens is 5. The number of nitriles is 3. The highest BCUT2D eigenvalue weighted by Gasteiger charge is 2.16. The van der Waals surface area contributed by atoms with Crippen LogP contribution < -0.4 is 30.4 Å². The van der Waals surface area contributed by atoms with Crippen molar-refractivity contribution in [2.45, 2.75) is 0 Å². The second-order valence-corrected chi connectivity index (χ2v) is 21.5. The molecule has 5 aromatic heterocycles. The second-order valence-electron chi connectivity index (χ2n) is 14.6. The van der Waals surface area contributed by atoms with Crippen molar-refractivity contribution in [3.63, 3.8) is 0 Å². The molecule has 360 valence electrons. The highest BCUT2D eigenvalue weighted by Crippen LogP contribution is 2.35. The van der Waals surface area contributed by atoms with Gasteiger partial charge < -0.3 is 50.5 Å². The molecular weight excluding hydrogens is 1140 g/mol. The van der Waals surface area contributed by atoms with E-state index in [2.05, 4.69) is 84.3 Å². The lowest BCUT2D eigenvalue weighted by Gasteiger charge is -2.12. The molecule has 5 aromatic carbocycles. The van der Waals surface area contributed by atoms with Gasteiger partial charge in [-0.05, 0) is 78.9 Å². The Hall–Kier alpha value is -8.26. The zero-order chi connectivity index (χ0) is 52.1. The largest absolute Gasteiger partial charge is 0.508 e. The number of aromatic hydroxyl groups is 1. The molecule has 0 unspecified atom stereocenters. The first kappa shape index (κ1) is 53.1. The molecule has 17 nitrogen and oxygen atoms in total. The van der Waals surface area contributed by atoms with E-state index in [1.807, 2.05) is 30.3 Å². The van der Waals surface area contributed by atoms with Gasteiger partial charge in [-0.1, -0.05) is 11.6 Å². The molecule has 0 radical (unpaired) electrons. The number of carbonyl (C=O) groups is 2. The van der Waals surface area contributed by atoms with E-state index in [-0.39, 0.29) is 14.5 Å². The fourth-order valence-corrected chi connectivity index (χ4v) is 7.21. The highest BCUT2D eigenvalue weighted by molar-refractivity contribution is 9.69. The number of amides is 2. The second kappa shape index (κ2) is 24.5. The summed E-state index contributed by atoms with van der Waals surface area (Å²) in [4.78, 5) is 40.4. The maximum Gasteiger partial charge on any atom is 0.369 e. The van der Waals surface area contributed by atoms with E-state index >= 15 is 0 Å². The Morgan fingerprint density at radius 3 is 1.49 bits per heavy atom. The highest BCUT2D eigenvalue weighted by atomic mass is 79.9. The molecule has 0 aliphatic carbocycles. The third kappa shape index (κ3) is 12.7. The number of aromatic amines is 3. The molecule has 0 fully saturated rings. The molecule has 5 heterocycles. The number of primary amides is 2. The zero-order valence-corrected chi connectivity index (χ0v) is 43.4. The van der Waals surface area contributed by atoms with E-state index < -0.39 is 11.8 Å². The van der Waals surface area contributed by atoms with Crippen LogP contribution >= 0.6 is 58.9 Å². The van der Waals surface area contributed by atoms with E-state index in [0.29, 0.717) is 72.1 Å². The summed E-state index contributed by atoms with van der Waals surface area (Å²) in [5.74, 6) is 1.61. The van der Waals surface area contributed by atoms with Gasteiger partial charge >= 0.3 is 3.18 Å². The van der Waals surface area contributed by atoms with E-state index in [9.17, 15) is 14.9 Å². The van der Waals surface area contributed by atoms with Crippen LogP contribution in [0.5, 0.6) is 34.5 Å². The molecule has 72 heavy (non-hydrogen) atoms. The van der Waals surface area contributed by atoms with Crippen LogP contribution in [0.4, 0.5) is 0 Å². The normalized spacial score (nSPS) is 10.1. The number of H-pyrrole nitrogens is 3. The number of halogens is 4. The minimum Gasteiger partial charge on any atom is -0.508 e. The number of methoxy groups -OCH3 is 3. The lowest BCUT2D eigenvalue weighted by atomic mass is 10.1. The number of rotatable bonds is 7. The summed E-state index contributed by atoms with van der Waals surface area (Å²) in [7, 11) is 4.55. The van der Waals surface area contributed by atoms with Gasteiger partial charge in [0.1, 0.15) is 52.7 Å². The van der Waals surface area contributed by atoms with Gasteiger partial charge in [0.25, 0.3) is 11.8 Å². The number of hydrogen-bond acceptors (Lipinski definition) is 12. The summed E-state index contributed by atoms with van der Waals surface area (Å²) >= 11 is 15.3. The summed E-state index contributed by atoms with van der Waals surface area (Å²) in [6.07, 6.45) is 8.18. The van der Waals surface area contributed by atoms with Crippen LogP contribution in [0.2, 0.25) is 5.02 Å². The van der Waals surface area contributed by atoms with Gasteiger partial charge in [0.2, 0.25) is 0 Å². The Labute approximate surface area is 440 Å². The topological polar surface area (TPSA) is 288 Å². The van der Waals surface area contributed by atoms with Crippen molar-refractivity contribution in [2.75, 3.05) is 21.3 Å². The van der Waals surface area contributed by atoms with Crippen molar-refractivity contribution in [2.24, 2.45) is 11.5 Å². The van der Waals surface area contributed by atoms with Gasteiger partial charge in [0, 0.05) is 86.6 Å². The van der Waals surface area contributed by atoms with Crippen molar-refractivity contribution >= 4 is 128 Å². The predicted molar refractivity (Wildman–Crippen MR) is 289 cm³/mol. The number of phenolic OH excluding ortho intramolecular Hbond substituents is 1. The van der Waals surface area contributed by atoms with E-state index in [1.54, 1.807) is 105 Å². The Kier molecular flexibility index (Phi) is 18.1. The quantitative estimate of drug-likeness (QED) is 0.0812. The average molecular weight is 1180 g/mol. The van der Waals surface area contributed by atoms with Gasteiger partial charge in [-0.2, -0.15) is 15.8 Å². The zero-order valence-electron chi connectivity index (χ0n) is 37.9. The minimum atomic E-state index is -0.601. The molecule has 0 aliphatic rings. The number of nitrogens with one attached hydrogen (secondary N) is 3. The lowest BCUT2D eigenvalue weighted by molar-refractivity contribution is 0.0989. The number of pyridine rings is 2. The smallest absolute Gasteiger partial charge is 0.369 e. The minimum absolute atomic E-state index is 0.179. The SMILES string of the molecule is BrB(Br)Br.COc1cc2nccc(Cl)c2cc1C(N)=O.COc1cc2nccc(Oc3ccc4[nH]cc(C#N)c4c3)c2cc1C(N)=O.COc1ccc2[nH]cc(C#N)c2c1.N#Cc1c[nH]c2ccc(O)cc12. The summed E-state index contributed by atoms with van der Waals surface area (Å²) in [5.41, 5.74) is 16.9. The molecule has 22 heteroatoms. The third-order valence-corrected chi connectivity index (χ3v) is 10.7. The van der Waals surface area contributed by atoms with Crippen LogP contribution in [-0.2, 0) is 0 Å². The van der Waals surface area contributed by atoms with E-state index in [0.717, 1.165) is 38.5 Å². The van der Waals surface area contributed by atoms with Crippen molar-refractivity contribution in [3.8, 4) is 52.7 Å². The Balaban J connectivity index is 0.000000162. The van der Waals surface area contributed by atoms with Gasteiger partial charge in [-0.15, -0.1) is 47.3 Å². The molecule has 0 aliphatic heterocycles. The third-order valence-electron chi connectivity index (χ3n) is 10.4. The molecule has 2 amide bonds. The number of benzene rings is 5. The molecule has 0 saturated heterocycles. The molecule has 0 saturated carbocycles. The summed E-state index contributed by atoms with van der Waals surface area (Å²) in [6.45, 7) is 0. The molecule has 0 spiro atoms. The molecular formula is C50H37BBr3ClN10O7. The summed E-state index contributed by atoms with van der Waals surface area (Å²) in [6, 6.07) is 32.1. The maximum absolute atomic E-state index is 11.7. The average Bonchev–Trinajstić information content (AvgIpc) is 4.12. The first-order valence-electron chi connectivity index (χ1n) is 20.7. The van der Waals surface area contributed by atoms with Gasteiger partial charge in [0.15, 0.2) is 0 Å². The predicted octanol–water partition coefficient (Wildman–Crippen LogP) is 11.4. The number of hydrogen-bond donors (Lipinski definition) is 6. The van der Waals surface area contributed by atoms with E-state index in [1.165, 1.54) is 14.2 Å². The van der Waals surface area contributed by atoms with Crippen LogP contribution in [0.1, 0.15) is 37.4 Å². The number of nitrogens with two attached hydrogens (primary N) is 2.